The topological polar surface area (TPSA) is 49.3 Å². The van der Waals surface area contributed by atoms with Crippen molar-refractivity contribution in [1.82, 2.24) is 5.32 Å². The van der Waals surface area contributed by atoms with Crippen molar-refractivity contribution in [3.8, 4) is 0 Å². The number of hydrogen-bond donors (Lipinski definition) is 2. The lowest BCUT2D eigenvalue weighted by Crippen LogP contribution is -2.38. The third kappa shape index (κ3) is 3.82. The summed E-state index contributed by atoms with van der Waals surface area (Å²) in [5.74, 6) is -1.42. The van der Waals surface area contributed by atoms with Gasteiger partial charge in [0.05, 0.1) is 5.56 Å². The van der Waals surface area contributed by atoms with Crippen molar-refractivity contribution in [1.29, 1.82) is 0 Å². The van der Waals surface area contributed by atoms with E-state index < -0.39 is 5.97 Å². The Hall–Kier alpha value is -1.42. The van der Waals surface area contributed by atoms with Gasteiger partial charge in [-0.3, -0.25) is 0 Å². The second-order valence-electron chi connectivity index (χ2n) is 4.70. The van der Waals surface area contributed by atoms with Gasteiger partial charge in [-0.2, -0.15) is 0 Å². The number of aromatic carboxylic acids is 1. The van der Waals surface area contributed by atoms with Gasteiger partial charge in [0.25, 0.3) is 0 Å². The number of carboxylic acids is 1. The van der Waals surface area contributed by atoms with Crippen molar-refractivity contribution in [3.05, 3.63) is 35.1 Å². The highest BCUT2D eigenvalue weighted by atomic mass is 19.1. The SMILES string of the molecule is CCC(C)(C)NCc1cc(C(=O)O)ccc1F. The summed E-state index contributed by atoms with van der Waals surface area (Å²) in [6, 6.07) is 3.84. The van der Waals surface area contributed by atoms with E-state index in [4.69, 9.17) is 5.11 Å². The molecule has 0 bridgehead atoms. The summed E-state index contributed by atoms with van der Waals surface area (Å²) in [5.41, 5.74) is 0.398. The lowest BCUT2D eigenvalue weighted by atomic mass is 10.0. The van der Waals surface area contributed by atoms with Gasteiger partial charge in [0, 0.05) is 17.6 Å². The molecule has 1 aromatic carbocycles. The molecule has 0 unspecified atom stereocenters. The fourth-order valence-electron chi connectivity index (χ4n) is 1.30. The van der Waals surface area contributed by atoms with Crippen molar-refractivity contribution in [2.45, 2.75) is 39.3 Å². The molecule has 2 N–H and O–H groups in total. The summed E-state index contributed by atoms with van der Waals surface area (Å²) in [4.78, 5) is 10.8. The van der Waals surface area contributed by atoms with Crippen LogP contribution in [0.3, 0.4) is 0 Å². The smallest absolute Gasteiger partial charge is 0.335 e. The molecule has 0 aliphatic heterocycles. The Labute approximate surface area is 101 Å². The Bertz CT molecular complexity index is 416. The van der Waals surface area contributed by atoms with Crippen LogP contribution in [0.25, 0.3) is 0 Å². The Kier molecular flexibility index (Phi) is 4.23. The summed E-state index contributed by atoms with van der Waals surface area (Å²) in [6.07, 6.45) is 0.910. The summed E-state index contributed by atoms with van der Waals surface area (Å²) < 4.78 is 13.5. The van der Waals surface area contributed by atoms with E-state index in [1.807, 2.05) is 20.8 Å². The first-order chi connectivity index (χ1) is 7.85. The minimum absolute atomic E-state index is 0.0916. The molecular weight excluding hydrogens is 221 g/mol. The molecule has 3 nitrogen and oxygen atoms in total. The number of benzene rings is 1. The maximum absolute atomic E-state index is 13.5. The van der Waals surface area contributed by atoms with Crippen LogP contribution in [-0.4, -0.2) is 16.6 Å². The quantitative estimate of drug-likeness (QED) is 0.830. The fourth-order valence-corrected chi connectivity index (χ4v) is 1.30. The highest BCUT2D eigenvalue weighted by Gasteiger charge is 2.15. The maximum atomic E-state index is 13.5. The van der Waals surface area contributed by atoms with Crippen molar-refractivity contribution in [2.24, 2.45) is 0 Å². The fraction of sp³-hybridized carbons (Fsp3) is 0.462. The Morgan fingerprint density at radius 1 is 1.47 bits per heavy atom. The van der Waals surface area contributed by atoms with Gasteiger partial charge in [-0.05, 0) is 38.5 Å². The monoisotopic (exact) mass is 239 g/mol. The number of rotatable bonds is 5. The first-order valence-corrected chi connectivity index (χ1v) is 5.62. The van der Waals surface area contributed by atoms with E-state index in [0.717, 1.165) is 6.42 Å². The predicted molar refractivity (Wildman–Crippen MR) is 64.6 cm³/mol. The first kappa shape index (κ1) is 13.6. The van der Waals surface area contributed by atoms with Gasteiger partial charge in [-0.25, -0.2) is 9.18 Å². The van der Waals surface area contributed by atoms with Crippen LogP contribution < -0.4 is 5.32 Å². The van der Waals surface area contributed by atoms with Gasteiger partial charge in [0.1, 0.15) is 5.82 Å². The van der Waals surface area contributed by atoms with Crippen LogP contribution in [0.2, 0.25) is 0 Å². The van der Waals surface area contributed by atoms with E-state index in [1.54, 1.807) is 0 Å². The minimum Gasteiger partial charge on any atom is -0.478 e. The Morgan fingerprint density at radius 2 is 2.12 bits per heavy atom. The van der Waals surface area contributed by atoms with Crippen molar-refractivity contribution >= 4 is 5.97 Å². The lowest BCUT2D eigenvalue weighted by molar-refractivity contribution is 0.0696. The molecule has 4 heteroatoms. The Morgan fingerprint density at radius 3 is 2.65 bits per heavy atom. The molecule has 0 aliphatic rings. The van der Waals surface area contributed by atoms with Crippen molar-refractivity contribution in [3.63, 3.8) is 0 Å². The lowest BCUT2D eigenvalue weighted by Gasteiger charge is -2.24. The zero-order valence-electron chi connectivity index (χ0n) is 10.4. The highest BCUT2D eigenvalue weighted by molar-refractivity contribution is 5.87. The number of nitrogens with one attached hydrogen (secondary N) is 1. The van der Waals surface area contributed by atoms with Crippen LogP contribution in [-0.2, 0) is 6.54 Å². The van der Waals surface area contributed by atoms with Gasteiger partial charge < -0.3 is 10.4 Å². The van der Waals surface area contributed by atoms with Gasteiger partial charge in [-0.1, -0.05) is 6.92 Å². The van der Waals surface area contributed by atoms with Gasteiger partial charge in [0.15, 0.2) is 0 Å². The number of carboxylic acid groups (broad SMARTS) is 1. The van der Waals surface area contributed by atoms with E-state index in [1.165, 1.54) is 18.2 Å². The van der Waals surface area contributed by atoms with E-state index in [0.29, 0.717) is 12.1 Å². The molecule has 0 fully saturated rings. The summed E-state index contributed by atoms with van der Waals surface area (Å²) in [6.45, 7) is 6.41. The molecule has 0 aliphatic carbocycles. The summed E-state index contributed by atoms with van der Waals surface area (Å²) in [5, 5.41) is 12.0. The van der Waals surface area contributed by atoms with Crippen LogP contribution in [0.1, 0.15) is 43.1 Å². The molecule has 1 rings (SSSR count). The number of carbonyl (C=O) groups is 1. The second-order valence-corrected chi connectivity index (χ2v) is 4.70. The van der Waals surface area contributed by atoms with Gasteiger partial charge in [-0.15, -0.1) is 0 Å². The molecule has 0 amide bonds. The highest BCUT2D eigenvalue weighted by Crippen LogP contribution is 2.13. The van der Waals surface area contributed by atoms with Crippen LogP contribution in [0.15, 0.2) is 18.2 Å². The van der Waals surface area contributed by atoms with E-state index in [2.05, 4.69) is 5.32 Å². The average Bonchev–Trinajstić information content (AvgIpc) is 2.27. The molecule has 0 heterocycles. The normalized spacial score (nSPS) is 11.5. The molecule has 94 valence electrons. The van der Waals surface area contributed by atoms with Crippen LogP contribution in [0, 0.1) is 5.82 Å². The molecular formula is C13H18FNO2. The third-order valence-electron chi connectivity index (χ3n) is 2.93. The van der Waals surface area contributed by atoms with Crippen LogP contribution in [0.4, 0.5) is 4.39 Å². The standard InChI is InChI=1S/C13H18FNO2/c1-4-13(2,3)15-8-10-7-9(12(16)17)5-6-11(10)14/h5-7,15H,4,8H2,1-3H3,(H,16,17). The minimum atomic E-state index is -1.04. The van der Waals surface area contributed by atoms with E-state index >= 15 is 0 Å². The molecule has 0 saturated carbocycles. The second kappa shape index (κ2) is 5.27. The van der Waals surface area contributed by atoms with Crippen LogP contribution >= 0.6 is 0 Å². The van der Waals surface area contributed by atoms with Gasteiger partial charge in [0.2, 0.25) is 0 Å². The molecule has 17 heavy (non-hydrogen) atoms. The van der Waals surface area contributed by atoms with Crippen LogP contribution in [0.5, 0.6) is 0 Å². The van der Waals surface area contributed by atoms with E-state index in [-0.39, 0.29) is 16.9 Å². The predicted octanol–water partition coefficient (Wildman–Crippen LogP) is 2.80. The Balaban J connectivity index is 2.83. The molecule has 0 aromatic heterocycles. The summed E-state index contributed by atoms with van der Waals surface area (Å²) in [7, 11) is 0. The maximum Gasteiger partial charge on any atom is 0.335 e. The third-order valence-corrected chi connectivity index (χ3v) is 2.93. The zero-order valence-corrected chi connectivity index (χ0v) is 10.4. The molecule has 0 spiro atoms. The largest absolute Gasteiger partial charge is 0.478 e. The van der Waals surface area contributed by atoms with E-state index in [9.17, 15) is 9.18 Å². The molecule has 1 aromatic rings. The molecule has 0 radical (unpaired) electrons. The summed E-state index contributed by atoms with van der Waals surface area (Å²) >= 11 is 0. The first-order valence-electron chi connectivity index (χ1n) is 5.62. The van der Waals surface area contributed by atoms with Crippen molar-refractivity contribution in [2.75, 3.05) is 0 Å². The number of hydrogen-bond acceptors (Lipinski definition) is 2. The average molecular weight is 239 g/mol. The van der Waals surface area contributed by atoms with Gasteiger partial charge >= 0.3 is 5.97 Å². The molecule has 0 atom stereocenters. The zero-order chi connectivity index (χ0) is 13.1. The van der Waals surface area contributed by atoms with Crippen molar-refractivity contribution < 1.29 is 14.3 Å². The molecule has 0 saturated heterocycles. The number of halogens is 1.